The first kappa shape index (κ1) is 16.3. The Kier molecular flexibility index (Phi) is 5.21. The largest absolute Gasteiger partial charge is 0.497 e. The van der Waals surface area contributed by atoms with Gasteiger partial charge in [0, 0.05) is 13.0 Å². The van der Waals surface area contributed by atoms with Gasteiger partial charge in [-0.05, 0) is 62.5 Å². The van der Waals surface area contributed by atoms with Crippen molar-refractivity contribution in [1.29, 1.82) is 0 Å². The number of methoxy groups -OCH3 is 1. The van der Waals surface area contributed by atoms with Crippen LogP contribution in [0.1, 0.15) is 44.2 Å². The van der Waals surface area contributed by atoms with E-state index < -0.39 is 0 Å². The van der Waals surface area contributed by atoms with Crippen LogP contribution in [0.3, 0.4) is 0 Å². The number of nitrogens with zero attached hydrogens (tertiary/aromatic N) is 2. The minimum atomic E-state index is 0.244. The van der Waals surface area contributed by atoms with Crippen molar-refractivity contribution in [2.75, 3.05) is 33.3 Å². The molecule has 1 atom stereocenters. The molecule has 4 heteroatoms. The Hall–Kier alpha value is -1.55. The zero-order valence-corrected chi connectivity index (χ0v) is 14.3. The Labute approximate surface area is 139 Å². The van der Waals surface area contributed by atoms with Gasteiger partial charge in [0.05, 0.1) is 13.2 Å². The van der Waals surface area contributed by atoms with Crippen LogP contribution in [0, 0.1) is 5.92 Å². The van der Waals surface area contributed by atoms with E-state index in [1.54, 1.807) is 7.11 Å². The summed E-state index contributed by atoms with van der Waals surface area (Å²) < 4.78 is 5.30. The summed E-state index contributed by atoms with van der Waals surface area (Å²) in [6, 6.07) is 8.37. The van der Waals surface area contributed by atoms with Gasteiger partial charge in [0.1, 0.15) is 5.75 Å². The molecule has 0 unspecified atom stereocenters. The molecule has 1 aromatic carbocycles. The van der Waals surface area contributed by atoms with Gasteiger partial charge in [-0.1, -0.05) is 19.1 Å². The molecule has 1 amide bonds. The standard InChI is InChI=1S/C19H28N2O2/c1-3-20-10-7-15(8-11-20)13-19(22)21-12-9-18(21)16-5-4-6-17(14-16)23-2/h4-6,14-15,18H,3,7-13H2,1-2H3/t18-/m0/s1. The summed E-state index contributed by atoms with van der Waals surface area (Å²) in [5, 5.41) is 0. The van der Waals surface area contributed by atoms with E-state index in [9.17, 15) is 4.79 Å². The van der Waals surface area contributed by atoms with Gasteiger partial charge in [-0.3, -0.25) is 4.79 Å². The van der Waals surface area contributed by atoms with Crippen molar-refractivity contribution < 1.29 is 9.53 Å². The molecule has 0 aromatic heterocycles. The monoisotopic (exact) mass is 316 g/mol. The van der Waals surface area contributed by atoms with E-state index in [1.165, 1.54) is 5.56 Å². The van der Waals surface area contributed by atoms with Gasteiger partial charge in [-0.2, -0.15) is 0 Å². The Morgan fingerprint density at radius 3 is 2.61 bits per heavy atom. The second-order valence-corrected chi connectivity index (χ2v) is 6.75. The number of carbonyl (C=O) groups excluding carboxylic acids is 1. The molecule has 0 aliphatic carbocycles. The maximum atomic E-state index is 12.7. The number of benzene rings is 1. The molecule has 2 aliphatic heterocycles. The van der Waals surface area contributed by atoms with Crippen molar-refractivity contribution >= 4 is 5.91 Å². The number of rotatable bonds is 5. The third-order valence-electron chi connectivity index (χ3n) is 5.44. The lowest BCUT2D eigenvalue weighted by Crippen LogP contribution is -2.46. The summed E-state index contributed by atoms with van der Waals surface area (Å²) in [7, 11) is 1.69. The first-order chi connectivity index (χ1) is 11.2. The fourth-order valence-electron chi connectivity index (χ4n) is 3.75. The molecule has 0 N–H and O–H groups in total. The first-order valence-corrected chi connectivity index (χ1v) is 8.87. The molecule has 1 aromatic rings. The van der Waals surface area contributed by atoms with E-state index in [1.807, 2.05) is 12.1 Å². The maximum absolute atomic E-state index is 12.7. The zero-order chi connectivity index (χ0) is 16.2. The average Bonchev–Trinajstić information content (AvgIpc) is 2.54. The zero-order valence-electron chi connectivity index (χ0n) is 14.3. The lowest BCUT2D eigenvalue weighted by molar-refractivity contribution is -0.140. The van der Waals surface area contributed by atoms with Crippen LogP contribution in [0.25, 0.3) is 0 Å². The van der Waals surface area contributed by atoms with Crippen molar-refractivity contribution in [1.82, 2.24) is 9.80 Å². The van der Waals surface area contributed by atoms with Crippen molar-refractivity contribution in [3.05, 3.63) is 29.8 Å². The quantitative estimate of drug-likeness (QED) is 0.837. The predicted octanol–water partition coefficient (Wildman–Crippen LogP) is 3.09. The van der Waals surface area contributed by atoms with Gasteiger partial charge < -0.3 is 14.5 Å². The van der Waals surface area contributed by atoms with Crippen molar-refractivity contribution in [3.63, 3.8) is 0 Å². The summed E-state index contributed by atoms with van der Waals surface area (Å²) in [5.41, 5.74) is 1.20. The van der Waals surface area contributed by atoms with Gasteiger partial charge in [0.15, 0.2) is 0 Å². The molecule has 3 rings (SSSR count). The van der Waals surface area contributed by atoms with Crippen LogP contribution in [0.2, 0.25) is 0 Å². The highest BCUT2D eigenvalue weighted by molar-refractivity contribution is 5.78. The highest BCUT2D eigenvalue weighted by Crippen LogP contribution is 2.36. The van der Waals surface area contributed by atoms with Crippen LogP contribution in [0.4, 0.5) is 0 Å². The van der Waals surface area contributed by atoms with Crippen LogP contribution in [-0.2, 0) is 4.79 Å². The van der Waals surface area contributed by atoms with Gasteiger partial charge in [0.25, 0.3) is 0 Å². The van der Waals surface area contributed by atoms with E-state index in [0.717, 1.165) is 57.6 Å². The van der Waals surface area contributed by atoms with Crippen LogP contribution < -0.4 is 4.74 Å². The summed E-state index contributed by atoms with van der Waals surface area (Å²) in [4.78, 5) is 17.2. The Morgan fingerprint density at radius 1 is 1.22 bits per heavy atom. The maximum Gasteiger partial charge on any atom is 0.223 e. The fourth-order valence-corrected chi connectivity index (χ4v) is 3.75. The average molecular weight is 316 g/mol. The predicted molar refractivity (Wildman–Crippen MR) is 91.5 cm³/mol. The van der Waals surface area contributed by atoms with Crippen LogP contribution >= 0.6 is 0 Å². The smallest absolute Gasteiger partial charge is 0.223 e. The van der Waals surface area contributed by atoms with Crippen molar-refractivity contribution in [2.45, 2.75) is 38.6 Å². The van der Waals surface area contributed by atoms with Gasteiger partial charge in [-0.25, -0.2) is 0 Å². The molecule has 2 fully saturated rings. The van der Waals surface area contributed by atoms with E-state index in [2.05, 4.69) is 28.9 Å². The molecule has 0 radical (unpaired) electrons. The molecular formula is C19H28N2O2. The van der Waals surface area contributed by atoms with Gasteiger partial charge in [0.2, 0.25) is 5.91 Å². The number of piperidine rings is 1. The lowest BCUT2D eigenvalue weighted by Gasteiger charge is -2.42. The third-order valence-corrected chi connectivity index (χ3v) is 5.44. The molecule has 2 aliphatic rings. The van der Waals surface area contributed by atoms with Gasteiger partial charge >= 0.3 is 0 Å². The molecule has 23 heavy (non-hydrogen) atoms. The summed E-state index contributed by atoms with van der Waals surface area (Å²) in [6.45, 7) is 6.53. The minimum Gasteiger partial charge on any atom is -0.497 e. The third kappa shape index (κ3) is 3.69. The summed E-state index contributed by atoms with van der Waals surface area (Å²) >= 11 is 0. The van der Waals surface area contributed by atoms with Crippen LogP contribution in [0.5, 0.6) is 5.75 Å². The molecule has 2 heterocycles. The first-order valence-electron chi connectivity index (χ1n) is 8.87. The second kappa shape index (κ2) is 7.35. The van der Waals surface area contributed by atoms with Crippen LogP contribution in [-0.4, -0.2) is 49.0 Å². The Balaban J connectivity index is 1.55. The van der Waals surface area contributed by atoms with Gasteiger partial charge in [-0.15, -0.1) is 0 Å². The Morgan fingerprint density at radius 2 is 2.00 bits per heavy atom. The molecule has 0 spiro atoms. The highest BCUT2D eigenvalue weighted by atomic mass is 16.5. The Bertz CT molecular complexity index is 538. The summed E-state index contributed by atoms with van der Waals surface area (Å²) in [5.74, 6) is 1.77. The molecule has 0 bridgehead atoms. The summed E-state index contributed by atoms with van der Waals surface area (Å²) in [6.07, 6.45) is 4.11. The number of carbonyl (C=O) groups is 1. The minimum absolute atomic E-state index is 0.244. The molecule has 4 nitrogen and oxygen atoms in total. The number of hydrogen-bond acceptors (Lipinski definition) is 3. The highest BCUT2D eigenvalue weighted by Gasteiger charge is 2.34. The number of likely N-dealkylation sites (tertiary alicyclic amines) is 2. The van der Waals surface area contributed by atoms with E-state index in [0.29, 0.717) is 11.8 Å². The SMILES string of the molecule is CCN1CCC(CC(=O)N2CC[C@H]2c2cccc(OC)c2)CC1. The second-order valence-electron chi connectivity index (χ2n) is 6.75. The number of ether oxygens (including phenoxy) is 1. The number of hydrogen-bond donors (Lipinski definition) is 0. The lowest BCUT2D eigenvalue weighted by atomic mass is 9.89. The molecule has 126 valence electrons. The normalized spacial score (nSPS) is 22.7. The number of amides is 1. The molecule has 0 saturated carbocycles. The van der Waals surface area contributed by atoms with Crippen molar-refractivity contribution in [3.8, 4) is 5.75 Å². The fraction of sp³-hybridized carbons (Fsp3) is 0.632. The molecular weight excluding hydrogens is 288 g/mol. The molecule has 2 saturated heterocycles. The van der Waals surface area contributed by atoms with E-state index >= 15 is 0 Å². The topological polar surface area (TPSA) is 32.8 Å². The van der Waals surface area contributed by atoms with E-state index in [4.69, 9.17) is 4.74 Å². The van der Waals surface area contributed by atoms with E-state index in [-0.39, 0.29) is 6.04 Å². The van der Waals surface area contributed by atoms with Crippen LogP contribution in [0.15, 0.2) is 24.3 Å². The van der Waals surface area contributed by atoms with Crippen molar-refractivity contribution in [2.24, 2.45) is 5.92 Å².